The number of rotatable bonds is 3. The summed E-state index contributed by atoms with van der Waals surface area (Å²) in [7, 11) is 0. The van der Waals surface area contributed by atoms with Crippen molar-refractivity contribution in [3.63, 3.8) is 0 Å². The van der Waals surface area contributed by atoms with Gasteiger partial charge in [0.2, 0.25) is 0 Å². The average molecular weight is 272 g/mol. The normalized spacial score (nSPS) is 10.5. The number of phenolic OH excluding ortho intramolecular Hbond substituents is 1. The summed E-state index contributed by atoms with van der Waals surface area (Å²) in [5, 5.41) is 28.1. The molecule has 0 aliphatic rings. The van der Waals surface area contributed by atoms with Crippen LogP contribution in [0.5, 0.6) is 11.5 Å². The Morgan fingerprint density at radius 2 is 1.65 bits per heavy atom. The van der Waals surface area contributed by atoms with Gasteiger partial charge in [-0.25, -0.2) is 4.79 Å². The molecule has 0 saturated heterocycles. The minimum Gasteiger partial charge on any atom is -0.508 e. The van der Waals surface area contributed by atoms with Gasteiger partial charge in [0.1, 0.15) is 17.1 Å². The minimum absolute atomic E-state index is 0.101. The number of phenols is 2. The Bertz CT molecular complexity index is 674. The summed E-state index contributed by atoms with van der Waals surface area (Å²) < 4.78 is 0. The van der Waals surface area contributed by atoms with Crippen LogP contribution in [0.1, 0.15) is 32.6 Å². The molecular weight excluding hydrogens is 256 g/mol. The highest BCUT2D eigenvalue weighted by Crippen LogP contribution is 2.26. The number of hydrogen-bond donors (Lipinski definition) is 3. The number of hydrogen-bond acceptors (Lipinski definition) is 3. The average Bonchev–Trinajstić information content (AvgIpc) is 2.41. The van der Waals surface area contributed by atoms with E-state index in [4.69, 9.17) is 5.11 Å². The Morgan fingerprint density at radius 3 is 2.30 bits per heavy atom. The van der Waals surface area contributed by atoms with Gasteiger partial charge in [-0.3, -0.25) is 0 Å². The predicted molar refractivity (Wildman–Crippen MR) is 75.5 cm³/mol. The fourth-order valence-corrected chi connectivity index (χ4v) is 2.14. The van der Waals surface area contributed by atoms with Gasteiger partial charge in [0.15, 0.2) is 0 Å². The van der Waals surface area contributed by atoms with Gasteiger partial charge in [-0.2, -0.15) is 0 Å². The van der Waals surface area contributed by atoms with Crippen molar-refractivity contribution < 1.29 is 20.1 Å². The van der Waals surface area contributed by atoms with Crippen molar-refractivity contribution in [3.8, 4) is 11.5 Å². The Morgan fingerprint density at radius 1 is 1.00 bits per heavy atom. The number of carbonyl (C=O) groups is 1. The van der Waals surface area contributed by atoms with Gasteiger partial charge in [0, 0.05) is 0 Å². The number of aromatic hydroxyl groups is 2. The second kappa shape index (κ2) is 5.25. The van der Waals surface area contributed by atoms with Gasteiger partial charge in [0.25, 0.3) is 0 Å². The molecule has 0 aliphatic heterocycles. The van der Waals surface area contributed by atoms with Crippen molar-refractivity contribution in [1.82, 2.24) is 0 Å². The second-order valence-corrected chi connectivity index (χ2v) is 4.83. The van der Waals surface area contributed by atoms with E-state index in [1.165, 1.54) is 12.1 Å². The van der Waals surface area contributed by atoms with Crippen molar-refractivity contribution >= 4 is 5.97 Å². The molecule has 4 nitrogen and oxygen atoms in total. The van der Waals surface area contributed by atoms with Gasteiger partial charge < -0.3 is 15.3 Å². The van der Waals surface area contributed by atoms with Crippen LogP contribution in [0.3, 0.4) is 0 Å². The fourth-order valence-electron chi connectivity index (χ4n) is 2.14. The molecule has 0 radical (unpaired) electrons. The summed E-state index contributed by atoms with van der Waals surface area (Å²) in [4.78, 5) is 11.0. The molecule has 0 saturated carbocycles. The molecule has 0 atom stereocenters. The summed E-state index contributed by atoms with van der Waals surface area (Å²) >= 11 is 0. The molecule has 0 heterocycles. The van der Waals surface area contributed by atoms with Crippen LogP contribution in [-0.4, -0.2) is 21.3 Å². The Hall–Kier alpha value is -2.49. The summed E-state index contributed by atoms with van der Waals surface area (Å²) in [6.07, 6.45) is 0.549. The standard InChI is InChI=1S/C16H16O4/c1-9-10(2)14(17)6-4-12(9)7-11-3-5-15(18)13(8-11)16(19)20/h3-6,8,17-18H,7H2,1-2H3,(H,19,20). The quantitative estimate of drug-likeness (QED) is 0.802. The van der Waals surface area contributed by atoms with Crippen LogP contribution in [0.4, 0.5) is 0 Å². The second-order valence-electron chi connectivity index (χ2n) is 4.83. The molecule has 2 aromatic carbocycles. The van der Waals surface area contributed by atoms with E-state index in [1.807, 2.05) is 19.9 Å². The molecule has 0 unspecified atom stereocenters. The van der Waals surface area contributed by atoms with Crippen LogP contribution < -0.4 is 0 Å². The van der Waals surface area contributed by atoms with Crippen LogP contribution in [0.2, 0.25) is 0 Å². The number of aromatic carboxylic acids is 1. The predicted octanol–water partition coefficient (Wildman–Crippen LogP) is 3.00. The highest BCUT2D eigenvalue weighted by Gasteiger charge is 2.12. The van der Waals surface area contributed by atoms with E-state index in [0.29, 0.717) is 6.42 Å². The van der Waals surface area contributed by atoms with Crippen LogP contribution in [0.25, 0.3) is 0 Å². The maximum absolute atomic E-state index is 11.0. The van der Waals surface area contributed by atoms with Crippen molar-refractivity contribution in [2.75, 3.05) is 0 Å². The van der Waals surface area contributed by atoms with Crippen molar-refractivity contribution in [1.29, 1.82) is 0 Å². The minimum atomic E-state index is -1.15. The van der Waals surface area contributed by atoms with Gasteiger partial charge >= 0.3 is 5.97 Å². The molecule has 2 rings (SSSR count). The first-order valence-electron chi connectivity index (χ1n) is 6.23. The van der Waals surface area contributed by atoms with Crippen LogP contribution in [0, 0.1) is 13.8 Å². The van der Waals surface area contributed by atoms with E-state index < -0.39 is 5.97 Å². The van der Waals surface area contributed by atoms with E-state index in [2.05, 4.69) is 0 Å². The zero-order valence-corrected chi connectivity index (χ0v) is 11.3. The van der Waals surface area contributed by atoms with Gasteiger partial charge in [-0.1, -0.05) is 12.1 Å². The van der Waals surface area contributed by atoms with Crippen LogP contribution >= 0.6 is 0 Å². The molecule has 3 N–H and O–H groups in total. The van der Waals surface area contributed by atoms with E-state index in [-0.39, 0.29) is 17.1 Å². The molecule has 104 valence electrons. The van der Waals surface area contributed by atoms with Gasteiger partial charge in [-0.15, -0.1) is 0 Å². The largest absolute Gasteiger partial charge is 0.508 e. The van der Waals surface area contributed by atoms with E-state index in [1.54, 1.807) is 12.1 Å². The number of carboxylic acids is 1. The van der Waals surface area contributed by atoms with Gasteiger partial charge in [-0.05, 0) is 60.7 Å². The molecule has 0 aliphatic carbocycles. The molecule has 0 fully saturated rings. The first kappa shape index (κ1) is 13.9. The zero-order chi connectivity index (χ0) is 14.9. The maximum atomic E-state index is 11.0. The molecule has 0 bridgehead atoms. The van der Waals surface area contributed by atoms with Crippen molar-refractivity contribution in [2.45, 2.75) is 20.3 Å². The molecule has 4 heteroatoms. The summed E-state index contributed by atoms with van der Waals surface area (Å²) in [5.41, 5.74) is 3.51. The maximum Gasteiger partial charge on any atom is 0.339 e. The van der Waals surface area contributed by atoms with Crippen LogP contribution in [0.15, 0.2) is 30.3 Å². The third-order valence-electron chi connectivity index (χ3n) is 3.56. The molecule has 20 heavy (non-hydrogen) atoms. The van der Waals surface area contributed by atoms with Crippen molar-refractivity contribution in [2.24, 2.45) is 0 Å². The summed E-state index contributed by atoms with van der Waals surface area (Å²) in [6, 6.07) is 8.02. The first-order chi connectivity index (χ1) is 9.40. The molecule has 2 aromatic rings. The topological polar surface area (TPSA) is 77.8 Å². The van der Waals surface area contributed by atoms with Crippen LogP contribution in [-0.2, 0) is 6.42 Å². The van der Waals surface area contributed by atoms with E-state index >= 15 is 0 Å². The third kappa shape index (κ3) is 2.59. The van der Waals surface area contributed by atoms with Crippen molar-refractivity contribution in [3.05, 3.63) is 58.1 Å². The summed E-state index contributed by atoms with van der Waals surface area (Å²) in [5.74, 6) is -1.13. The smallest absolute Gasteiger partial charge is 0.339 e. The fraction of sp³-hybridized carbons (Fsp3) is 0.188. The first-order valence-corrected chi connectivity index (χ1v) is 6.23. The van der Waals surface area contributed by atoms with E-state index in [9.17, 15) is 15.0 Å². The van der Waals surface area contributed by atoms with Gasteiger partial charge in [0.05, 0.1) is 0 Å². The molecule has 0 spiro atoms. The molecule has 0 aromatic heterocycles. The lowest BCUT2D eigenvalue weighted by Crippen LogP contribution is -2.00. The lowest BCUT2D eigenvalue weighted by Gasteiger charge is -2.11. The zero-order valence-electron chi connectivity index (χ0n) is 11.3. The monoisotopic (exact) mass is 272 g/mol. The SMILES string of the molecule is Cc1c(O)ccc(Cc2ccc(O)c(C(=O)O)c2)c1C. The summed E-state index contributed by atoms with van der Waals surface area (Å²) in [6.45, 7) is 3.76. The number of benzene rings is 2. The third-order valence-corrected chi connectivity index (χ3v) is 3.56. The lowest BCUT2D eigenvalue weighted by molar-refractivity contribution is 0.0693. The number of carboxylic acid groups (broad SMARTS) is 1. The molecule has 0 amide bonds. The molecular formula is C16H16O4. The lowest BCUT2D eigenvalue weighted by atomic mass is 9.96. The highest BCUT2D eigenvalue weighted by molar-refractivity contribution is 5.90. The Kier molecular flexibility index (Phi) is 3.66. The Labute approximate surface area is 116 Å². The Balaban J connectivity index is 2.38. The van der Waals surface area contributed by atoms with E-state index in [0.717, 1.165) is 22.3 Å². The highest BCUT2D eigenvalue weighted by atomic mass is 16.4.